The summed E-state index contributed by atoms with van der Waals surface area (Å²) in [7, 11) is 1.51. The first kappa shape index (κ1) is 22.4. The molecule has 1 unspecified atom stereocenters. The van der Waals surface area contributed by atoms with Crippen LogP contribution in [-0.2, 0) is 4.74 Å². The molecular formula is C20H17ClF2N8O2. The highest BCUT2D eigenvalue weighted by molar-refractivity contribution is 6.29. The third-order valence-electron chi connectivity index (χ3n) is 4.72. The lowest BCUT2D eigenvalue weighted by atomic mass is 10.1. The first-order chi connectivity index (χ1) is 15.9. The van der Waals surface area contributed by atoms with E-state index in [1.54, 1.807) is 19.1 Å². The van der Waals surface area contributed by atoms with Crippen LogP contribution in [0.15, 0.2) is 43.0 Å². The van der Waals surface area contributed by atoms with E-state index in [4.69, 9.17) is 16.3 Å². The number of pyridine rings is 3. The number of amides is 2. The highest BCUT2D eigenvalue weighted by Gasteiger charge is 2.21. The van der Waals surface area contributed by atoms with E-state index in [2.05, 4.69) is 35.8 Å². The van der Waals surface area contributed by atoms with Crippen molar-refractivity contribution in [3.8, 4) is 5.82 Å². The van der Waals surface area contributed by atoms with Gasteiger partial charge in [-0.1, -0.05) is 11.6 Å². The van der Waals surface area contributed by atoms with Gasteiger partial charge in [-0.2, -0.15) is 10.2 Å². The Morgan fingerprint density at radius 1 is 1.15 bits per heavy atom. The van der Waals surface area contributed by atoms with Crippen LogP contribution < -0.4 is 10.6 Å². The average molecular weight is 475 g/mol. The molecule has 4 aromatic heterocycles. The Hall–Kier alpha value is -3.77. The Labute approximate surface area is 191 Å². The number of methoxy groups -OCH3 is 1. The number of ether oxygens (including phenoxy) is 1. The number of alkyl halides is 2. The first-order valence-electron chi connectivity index (χ1n) is 9.58. The summed E-state index contributed by atoms with van der Waals surface area (Å²) in [6.07, 6.45) is 2.05. The fourth-order valence-corrected chi connectivity index (χ4v) is 3.32. The lowest BCUT2D eigenvalue weighted by Gasteiger charge is -2.18. The van der Waals surface area contributed by atoms with Crippen molar-refractivity contribution < 1.29 is 18.3 Å². The molecule has 2 amide bonds. The molecule has 0 aliphatic carbocycles. The summed E-state index contributed by atoms with van der Waals surface area (Å²) in [4.78, 5) is 26.2. The topological polar surface area (TPSA) is 120 Å². The lowest BCUT2D eigenvalue weighted by molar-refractivity contribution is 0.121. The molecule has 13 heteroatoms. The van der Waals surface area contributed by atoms with Gasteiger partial charge in [0.2, 0.25) is 0 Å². The van der Waals surface area contributed by atoms with Gasteiger partial charge in [-0.15, -0.1) is 4.80 Å². The predicted molar refractivity (Wildman–Crippen MR) is 117 cm³/mol. The summed E-state index contributed by atoms with van der Waals surface area (Å²) in [5, 5.41) is 13.0. The Balaban J connectivity index is 1.62. The second kappa shape index (κ2) is 9.38. The zero-order valence-corrected chi connectivity index (χ0v) is 18.1. The number of urea groups is 1. The molecule has 0 spiro atoms. The number of carbonyl (C=O) groups excluding carboxylic acids is 1. The molecular weight excluding hydrogens is 458 g/mol. The van der Waals surface area contributed by atoms with Crippen LogP contribution in [-0.4, -0.2) is 43.1 Å². The van der Waals surface area contributed by atoms with Gasteiger partial charge in [0.25, 0.3) is 6.43 Å². The van der Waals surface area contributed by atoms with Crippen LogP contribution in [0.2, 0.25) is 5.15 Å². The predicted octanol–water partition coefficient (Wildman–Crippen LogP) is 4.55. The standard InChI is InChI=1S/C20H17ClF2N8O2/c1-10(33-2)16-14(9-24-13-3-4-15(21)30-17(13)16)29-20(32)28-11-7-12(18(22)23)19(25-8-11)31-26-5-6-27-31/h3-10,18H,1-2H3,(H2,28,29,32). The molecule has 0 saturated heterocycles. The number of nitrogens with zero attached hydrogens (tertiary/aromatic N) is 6. The number of halogens is 3. The van der Waals surface area contributed by atoms with Crippen LogP contribution in [0.1, 0.15) is 30.6 Å². The normalized spacial score (nSPS) is 12.2. The van der Waals surface area contributed by atoms with E-state index in [0.717, 1.165) is 10.9 Å². The third-order valence-corrected chi connectivity index (χ3v) is 4.93. The van der Waals surface area contributed by atoms with Crippen molar-refractivity contribution in [3.63, 3.8) is 0 Å². The van der Waals surface area contributed by atoms with Crippen molar-refractivity contribution in [1.82, 2.24) is 29.9 Å². The molecule has 170 valence electrons. The summed E-state index contributed by atoms with van der Waals surface area (Å²) in [5.41, 5.74) is 1.53. The molecule has 10 nitrogen and oxygen atoms in total. The maximum atomic E-state index is 13.6. The van der Waals surface area contributed by atoms with Crippen LogP contribution in [0.5, 0.6) is 0 Å². The van der Waals surface area contributed by atoms with Crippen LogP contribution in [0.25, 0.3) is 16.9 Å². The fraction of sp³-hybridized carbons (Fsp3) is 0.200. The number of fused-ring (bicyclic) bond motifs is 1. The zero-order chi connectivity index (χ0) is 23.5. The Morgan fingerprint density at radius 2 is 1.91 bits per heavy atom. The van der Waals surface area contributed by atoms with Gasteiger partial charge >= 0.3 is 6.03 Å². The van der Waals surface area contributed by atoms with Gasteiger partial charge in [-0.3, -0.25) is 4.98 Å². The number of hydrogen-bond acceptors (Lipinski definition) is 7. The van der Waals surface area contributed by atoms with Crippen molar-refractivity contribution in [2.75, 3.05) is 17.7 Å². The van der Waals surface area contributed by atoms with E-state index in [1.165, 1.54) is 31.9 Å². The van der Waals surface area contributed by atoms with Gasteiger partial charge in [-0.25, -0.2) is 23.5 Å². The number of carbonyl (C=O) groups is 1. The quantitative estimate of drug-likeness (QED) is 0.393. The molecule has 0 radical (unpaired) electrons. The summed E-state index contributed by atoms with van der Waals surface area (Å²) in [6, 6.07) is 3.71. The maximum Gasteiger partial charge on any atom is 0.323 e. The molecule has 0 aliphatic heterocycles. The SMILES string of the molecule is COC(C)c1c(NC(=O)Nc2cnc(-n3nccn3)c(C(F)F)c2)cnc2ccc(Cl)nc12. The summed E-state index contributed by atoms with van der Waals surface area (Å²) in [6.45, 7) is 1.78. The smallest absolute Gasteiger partial charge is 0.323 e. The highest BCUT2D eigenvalue weighted by Crippen LogP contribution is 2.32. The second-order valence-electron chi connectivity index (χ2n) is 6.80. The lowest BCUT2D eigenvalue weighted by Crippen LogP contribution is -2.21. The van der Waals surface area contributed by atoms with Gasteiger partial charge in [0.05, 0.1) is 58.9 Å². The molecule has 0 bridgehead atoms. The molecule has 4 heterocycles. The van der Waals surface area contributed by atoms with E-state index in [-0.39, 0.29) is 16.7 Å². The molecule has 0 fully saturated rings. The van der Waals surface area contributed by atoms with Crippen molar-refractivity contribution in [2.45, 2.75) is 19.5 Å². The zero-order valence-electron chi connectivity index (χ0n) is 17.3. The van der Waals surface area contributed by atoms with Gasteiger partial charge in [0, 0.05) is 12.7 Å². The van der Waals surface area contributed by atoms with Gasteiger partial charge in [0.15, 0.2) is 5.82 Å². The Morgan fingerprint density at radius 3 is 2.61 bits per heavy atom. The van der Waals surface area contributed by atoms with Crippen LogP contribution >= 0.6 is 11.6 Å². The van der Waals surface area contributed by atoms with Gasteiger partial charge in [-0.05, 0) is 25.1 Å². The maximum absolute atomic E-state index is 13.6. The monoisotopic (exact) mass is 474 g/mol. The summed E-state index contributed by atoms with van der Waals surface area (Å²) in [5.74, 6) is -0.140. The average Bonchev–Trinajstić information content (AvgIpc) is 3.33. The van der Waals surface area contributed by atoms with E-state index < -0.39 is 24.1 Å². The minimum absolute atomic E-state index is 0.0509. The fourth-order valence-electron chi connectivity index (χ4n) is 3.17. The summed E-state index contributed by atoms with van der Waals surface area (Å²) >= 11 is 6.04. The molecule has 0 aromatic carbocycles. The second-order valence-corrected chi connectivity index (χ2v) is 7.19. The summed E-state index contributed by atoms with van der Waals surface area (Å²) < 4.78 is 32.6. The van der Waals surface area contributed by atoms with E-state index in [9.17, 15) is 13.6 Å². The van der Waals surface area contributed by atoms with E-state index in [0.29, 0.717) is 22.3 Å². The van der Waals surface area contributed by atoms with Crippen LogP contribution in [0.4, 0.5) is 25.0 Å². The molecule has 1 atom stereocenters. The van der Waals surface area contributed by atoms with Crippen molar-refractivity contribution >= 4 is 40.0 Å². The van der Waals surface area contributed by atoms with Gasteiger partial charge in [0.1, 0.15) is 5.15 Å². The number of anilines is 2. The van der Waals surface area contributed by atoms with Crippen LogP contribution in [0.3, 0.4) is 0 Å². The number of hydrogen-bond donors (Lipinski definition) is 2. The van der Waals surface area contributed by atoms with E-state index >= 15 is 0 Å². The third kappa shape index (κ3) is 4.71. The number of rotatable bonds is 6. The van der Waals surface area contributed by atoms with Gasteiger partial charge < -0.3 is 15.4 Å². The molecule has 0 saturated carbocycles. The first-order valence-corrected chi connectivity index (χ1v) is 9.96. The Bertz CT molecular complexity index is 1300. The van der Waals surface area contributed by atoms with E-state index in [1.807, 2.05) is 0 Å². The Kier molecular flexibility index (Phi) is 6.38. The largest absolute Gasteiger partial charge is 0.377 e. The highest BCUT2D eigenvalue weighted by atomic mass is 35.5. The molecule has 0 aliphatic rings. The number of aromatic nitrogens is 6. The van der Waals surface area contributed by atoms with Crippen molar-refractivity contribution in [1.29, 1.82) is 0 Å². The molecule has 2 N–H and O–H groups in total. The minimum Gasteiger partial charge on any atom is -0.377 e. The molecule has 4 rings (SSSR count). The van der Waals surface area contributed by atoms with Crippen molar-refractivity contribution in [3.05, 3.63) is 59.3 Å². The van der Waals surface area contributed by atoms with Crippen molar-refractivity contribution in [2.24, 2.45) is 0 Å². The molecule has 4 aromatic rings. The number of nitrogens with one attached hydrogen (secondary N) is 2. The molecule has 33 heavy (non-hydrogen) atoms. The minimum atomic E-state index is -2.86. The van der Waals surface area contributed by atoms with Crippen LogP contribution in [0, 0.1) is 0 Å².